The zero-order chi connectivity index (χ0) is 35.2. The number of ketones is 2. The number of Topliss-reactive ketones (excluding diaryl/α,β-unsaturated/α-hetero) is 2. The molecule has 0 radical (unpaired) electrons. The Morgan fingerprint density at radius 2 is 1.31 bits per heavy atom. The molecule has 266 valence electrons. The summed E-state index contributed by atoms with van der Waals surface area (Å²) >= 11 is 3.17. The molecule has 4 aliphatic carbocycles. The van der Waals surface area contributed by atoms with Crippen LogP contribution in [0.15, 0.2) is 41.3 Å². The van der Waals surface area contributed by atoms with Crippen molar-refractivity contribution in [3.8, 4) is 0 Å². The SMILES string of the molecule is C.CC(=O)c1ccc(Br)nc1.CC(=O)c1ccc(C2CC2)nc1.CC1(C)OB(C2CC2)OC1(C)C.F[B-](F)(F)C1CC1.OB(O)C1CC1.[K+]. The molecule has 7 rings (SSSR count). The van der Waals surface area contributed by atoms with E-state index >= 15 is 0 Å². The Kier molecular flexibility index (Phi) is 19.2. The third-order valence-corrected chi connectivity index (χ3v) is 9.27. The molecule has 2 aromatic rings. The summed E-state index contributed by atoms with van der Waals surface area (Å²) in [6.45, 7) is 7.06. The fourth-order valence-corrected chi connectivity index (χ4v) is 4.37. The molecule has 0 aromatic carbocycles. The number of carbonyl (C=O) groups is 2. The maximum absolute atomic E-state index is 11.3. The number of hydrogen-bond acceptors (Lipinski definition) is 8. The molecule has 8 nitrogen and oxygen atoms in total. The number of rotatable bonds is 6. The predicted octanol–water partition coefficient (Wildman–Crippen LogP) is 5.71. The Balaban J connectivity index is 0.000000310. The van der Waals surface area contributed by atoms with E-state index in [4.69, 9.17) is 19.4 Å². The summed E-state index contributed by atoms with van der Waals surface area (Å²) in [4.78, 5) is 29.7. The standard InChI is InChI=1S/C10H11NO.C9H17BO2.C7H6BrNO.C3H5BF3.C3H7BO2.CH4.K/c1-7(12)9-4-5-10(11-6-9)8-2-3-8;1-8(2)9(3,4)12-10(11-8)7-5-6-7;1-5(10)6-2-3-7(8)9-4-6;5-4(6,7)3-1-2-3;5-4(6)3-1-2-3;;/h4-6,8H,2-3H2,1H3;7H,5-6H2,1-4H3;2-4H,1H3;3H,1-2H2;3,5-6H,1-2H2;1H4;/q;;;-1;;;+1. The predicted molar refractivity (Wildman–Crippen MR) is 189 cm³/mol. The number of halogens is 4. The molecule has 2 aromatic heterocycles. The van der Waals surface area contributed by atoms with Crippen molar-refractivity contribution in [2.24, 2.45) is 0 Å². The van der Waals surface area contributed by atoms with E-state index in [-0.39, 0.29) is 94.5 Å². The van der Waals surface area contributed by atoms with Gasteiger partial charge in [-0.3, -0.25) is 14.6 Å². The van der Waals surface area contributed by atoms with Crippen molar-refractivity contribution < 1.29 is 93.3 Å². The van der Waals surface area contributed by atoms with Gasteiger partial charge in [-0.05, 0) is 106 Å². The molecule has 4 saturated carbocycles. The van der Waals surface area contributed by atoms with E-state index in [1.807, 2.05) is 12.1 Å². The number of pyridine rings is 2. The second-order valence-corrected chi connectivity index (χ2v) is 14.7. The van der Waals surface area contributed by atoms with Crippen LogP contribution in [0, 0.1) is 0 Å². The maximum Gasteiger partial charge on any atom is 1.00 e. The Bertz CT molecular complexity index is 1310. The first-order valence-electron chi connectivity index (χ1n) is 16.3. The first-order chi connectivity index (χ1) is 21.8. The zero-order valence-electron chi connectivity index (χ0n) is 29.1. The molecular weight excluding hydrogens is 729 g/mol. The zero-order valence-corrected chi connectivity index (χ0v) is 33.8. The van der Waals surface area contributed by atoms with Crippen LogP contribution >= 0.6 is 15.9 Å². The number of carbonyl (C=O) groups excluding carboxylic acids is 2. The second-order valence-electron chi connectivity index (χ2n) is 13.9. The monoisotopic (exact) mass is 778 g/mol. The van der Waals surface area contributed by atoms with Crippen LogP contribution in [0.4, 0.5) is 12.9 Å². The summed E-state index contributed by atoms with van der Waals surface area (Å²) in [5.41, 5.74) is 2.21. The summed E-state index contributed by atoms with van der Waals surface area (Å²) < 4.78 is 46.4. The van der Waals surface area contributed by atoms with Crippen LogP contribution in [-0.4, -0.2) is 64.0 Å². The smallest absolute Gasteiger partial charge is 0.449 e. The summed E-state index contributed by atoms with van der Waals surface area (Å²) in [5.74, 6) is 0.798. The van der Waals surface area contributed by atoms with E-state index in [0.29, 0.717) is 35.7 Å². The summed E-state index contributed by atoms with van der Waals surface area (Å²) in [7, 11) is -0.972. The van der Waals surface area contributed by atoms with Gasteiger partial charge in [0.15, 0.2) is 11.6 Å². The Morgan fingerprint density at radius 1 is 0.837 bits per heavy atom. The van der Waals surface area contributed by atoms with Crippen LogP contribution < -0.4 is 51.4 Å². The maximum atomic E-state index is 11.3. The largest absolute Gasteiger partial charge is 1.00 e. The van der Waals surface area contributed by atoms with E-state index in [1.165, 1.54) is 32.6 Å². The van der Waals surface area contributed by atoms with Crippen molar-refractivity contribution in [3.05, 3.63) is 58.1 Å². The Morgan fingerprint density at radius 3 is 1.55 bits per heavy atom. The molecular formula is C33H50B3BrF3KN2O6. The third-order valence-electron chi connectivity index (χ3n) is 8.80. The quantitative estimate of drug-likeness (QED) is 0.218. The molecule has 5 aliphatic rings. The van der Waals surface area contributed by atoms with E-state index in [1.54, 1.807) is 31.5 Å². The van der Waals surface area contributed by atoms with Gasteiger partial charge in [0, 0.05) is 35.1 Å². The fraction of sp³-hybridized carbons (Fsp3) is 0.636. The minimum absolute atomic E-state index is 0. The molecule has 0 bridgehead atoms. The number of nitrogens with zero attached hydrogens (tertiary/aromatic N) is 2. The van der Waals surface area contributed by atoms with E-state index in [2.05, 4.69) is 53.6 Å². The van der Waals surface area contributed by atoms with Gasteiger partial charge in [-0.25, -0.2) is 4.98 Å². The van der Waals surface area contributed by atoms with Gasteiger partial charge in [0.05, 0.1) is 11.2 Å². The Labute approximate surface area is 341 Å². The summed E-state index contributed by atoms with van der Waals surface area (Å²) in [6, 6.07) is 7.31. The van der Waals surface area contributed by atoms with E-state index in [9.17, 15) is 22.5 Å². The van der Waals surface area contributed by atoms with Crippen LogP contribution in [0.2, 0.25) is 17.5 Å². The molecule has 0 spiro atoms. The average Bonchev–Trinajstić information content (AvgIpc) is 3.82. The molecule has 2 N–H and O–H groups in total. The first kappa shape index (κ1) is 46.6. The average molecular weight is 779 g/mol. The van der Waals surface area contributed by atoms with Crippen molar-refractivity contribution >= 4 is 48.7 Å². The van der Waals surface area contributed by atoms with Crippen LogP contribution in [0.3, 0.4) is 0 Å². The summed E-state index contributed by atoms with van der Waals surface area (Å²) in [5, 5.41) is 16.5. The molecule has 1 aliphatic heterocycles. The van der Waals surface area contributed by atoms with E-state index in [0.717, 1.165) is 23.1 Å². The van der Waals surface area contributed by atoms with Crippen LogP contribution in [0.1, 0.15) is 133 Å². The van der Waals surface area contributed by atoms with Gasteiger partial charge >= 0.3 is 72.6 Å². The molecule has 0 atom stereocenters. The van der Waals surface area contributed by atoms with Gasteiger partial charge in [-0.1, -0.05) is 51.8 Å². The van der Waals surface area contributed by atoms with Crippen molar-refractivity contribution in [1.82, 2.24) is 9.97 Å². The van der Waals surface area contributed by atoms with Gasteiger partial charge in [-0.2, -0.15) is 0 Å². The molecule has 16 heteroatoms. The Hall–Kier alpha value is -0.419. The van der Waals surface area contributed by atoms with Crippen LogP contribution in [0.25, 0.3) is 0 Å². The van der Waals surface area contributed by atoms with Crippen LogP contribution in [0.5, 0.6) is 0 Å². The minimum Gasteiger partial charge on any atom is -0.449 e. The van der Waals surface area contributed by atoms with Crippen molar-refractivity contribution in [2.75, 3.05) is 0 Å². The van der Waals surface area contributed by atoms with Gasteiger partial charge in [0.1, 0.15) is 4.60 Å². The van der Waals surface area contributed by atoms with Crippen molar-refractivity contribution in [3.63, 3.8) is 0 Å². The molecule has 49 heavy (non-hydrogen) atoms. The molecule has 3 heterocycles. The first-order valence-corrected chi connectivity index (χ1v) is 17.1. The fourth-order valence-electron chi connectivity index (χ4n) is 4.14. The molecule has 5 fully saturated rings. The topological polar surface area (TPSA) is 119 Å². The normalized spacial score (nSPS) is 19.6. The van der Waals surface area contributed by atoms with Gasteiger partial charge < -0.3 is 32.3 Å². The van der Waals surface area contributed by atoms with Gasteiger partial charge in [0.25, 0.3) is 0 Å². The summed E-state index contributed by atoms with van der Waals surface area (Å²) in [6.07, 6.45) is 11.0. The molecule has 1 saturated heterocycles. The van der Waals surface area contributed by atoms with Crippen LogP contribution in [-0.2, 0) is 9.31 Å². The van der Waals surface area contributed by atoms with Gasteiger partial charge in [-0.15, -0.1) is 0 Å². The second kappa shape index (κ2) is 20.1. The minimum atomic E-state index is -4.44. The van der Waals surface area contributed by atoms with E-state index < -0.39 is 19.9 Å². The number of aromatic nitrogens is 2. The number of hydrogen-bond donors (Lipinski definition) is 2. The van der Waals surface area contributed by atoms with Crippen molar-refractivity contribution in [1.29, 1.82) is 0 Å². The molecule has 0 amide bonds. The third kappa shape index (κ3) is 16.9. The molecule has 0 unspecified atom stereocenters. The van der Waals surface area contributed by atoms with Gasteiger partial charge in [0.2, 0.25) is 0 Å². The van der Waals surface area contributed by atoms with Crippen molar-refractivity contribution in [2.45, 2.75) is 135 Å².